The summed E-state index contributed by atoms with van der Waals surface area (Å²) >= 11 is 1.64. The second kappa shape index (κ2) is 11.6. The zero-order valence-electron chi connectivity index (χ0n) is 13.7. The number of nitrogens with zero attached hydrogens (tertiary/aromatic N) is 3. The van der Waals surface area contributed by atoms with Gasteiger partial charge in [-0.1, -0.05) is 6.92 Å². The Kier molecular flexibility index (Phi) is 11.2. The van der Waals surface area contributed by atoms with E-state index < -0.39 is 0 Å². The van der Waals surface area contributed by atoms with Crippen LogP contribution >= 0.6 is 35.3 Å². The summed E-state index contributed by atoms with van der Waals surface area (Å²) in [5.41, 5.74) is 1.03. The summed E-state index contributed by atoms with van der Waals surface area (Å²) in [5, 5.41) is 9.17. The van der Waals surface area contributed by atoms with Crippen LogP contribution in [0.15, 0.2) is 10.4 Å². The predicted octanol–water partition coefficient (Wildman–Crippen LogP) is 1.99. The smallest absolute Gasteiger partial charge is 0.221 e. The molecule has 6 nitrogen and oxygen atoms in total. The number of guanidine groups is 1. The van der Waals surface area contributed by atoms with Crippen molar-refractivity contribution in [3.63, 3.8) is 0 Å². The molecule has 2 N–H and O–H groups in total. The van der Waals surface area contributed by atoms with Crippen LogP contribution in [-0.2, 0) is 11.3 Å². The van der Waals surface area contributed by atoms with Gasteiger partial charge in [-0.2, -0.15) is 0 Å². The maximum Gasteiger partial charge on any atom is 0.221 e. The molecule has 0 spiro atoms. The third-order valence-corrected chi connectivity index (χ3v) is 3.67. The maximum absolute atomic E-state index is 11.5. The third-order valence-electron chi connectivity index (χ3n) is 2.85. The van der Waals surface area contributed by atoms with E-state index in [9.17, 15) is 4.79 Å². The molecule has 1 aromatic heterocycles. The van der Waals surface area contributed by atoms with Crippen molar-refractivity contribution in [1.82, 2.24) is 20.5 Å². The first-order valence-corrected chi connectivity index (χ1v) is 8.04. The van der Waals surface area contributed by atoms with Crippen LogP contribution in [0.5, 0.6) is 0 Å². The number of thiazole rings is 1. The number of nitrogens with one attached hydrogen (secondary N) is 2. The van der Waals surface area contributed by atoms with Gasteiger partial charge in [0, 0.05) is 39.0 Å². The van der Waals surface area contributed by atoms with Gasteiger partial charge in [-0.3, -0.25) is 9.79 Å². The lowest BCUT2D eigenvalue weighted by Gasteiger charge is -2.21. The van der Waals surface area contributed by atoms with Crippen LogP contribution in [0.25, 0.3) is 0 Å². The van der Waals surface area contributed by atoms with Crippen LogP contribution in [0.1, 0.15) is 30.5 Å². The molecular weight excluding hydrogens is 413 g/mol. The van der Waals surface area contributed by atoms with Crippen molar-refractivity contribution < 1.29 is 4.79 Å². The first-order chi connectivity index (χ1) is 10.1. The monoisotopic (exact) mass is 439 g/mol. The molecule has 1 heterocycles. The fourth-order valence-electron chi connectivity index (χ4n) is 1.82. The Hall–Kier alpha value is -0.900. The van der Waals surface area contributed by atoms with Gasteiger partial charge < -0.3 is 15.5 Å². The quantitative estimate of drug-likeness (QED) is 0.388. The SMILES string of the molecule is CCCNC(=O)CCNC(=NC)N(C)Cc1csc(C)n1.I. The molecule has 0 radical (unpaired) electrons. The van der Waals surface area contributed by atoms with Crippen molar-refractivity contribution in [2.75, 3.05) is 27.2 Å². The van der Waals surface area contributed by atoms with E-state index >= 15 is 0 Å². The van der Waals surface area contributed by atoms with Gasteiger partial charge in [0.25, 0.3) is 0 Å². The molecule has 126 valence electrons. The van der Waals surface area contributed by atoms with Crippen LogP contribution in [0, 0.1) is 6.92 Å². The molecule has 0 saturated heterocycles. The minimum Gasteiger partial charge on any atom is -0.356 e. The largest absolute Gasteiger partial charge is 0.356 e. The molecule has 0 aliphatic carbocycles. The summed E-state index contributed by atoms with van der Waals surface area (Å²) in [6.45, 7) is 6.04. The first kappa shape index (κ1) is 21.1. The van der Waals surface area contributed by atoms with Crippen molar-refractivity contribution in [2.24, 2.45) is 4.99 Å². The highest BCUT2D eigenvalue weighted by Crippen LogP contribution is 2.09. The average Bonchev–Trinajstić information content (AvgIpc) is 2.86. The molecule has 0 atom stereocenters. The normalized spacial score (nSPS) is 10.8. The second-order valence-corrected chi connectivity index (χ2v) is 5.85. The lowest BCUT2D eigenvalue weighted by molar-refractivity contribution is -0.120. The number of aliphatic imine (C=N–C) groups is 1. The summed E-state index contributed by atoms with van der Waals surface area (Å²) in [4.78, 5) is 22.2. The van der Waals surface area contributed by atoms with Gasteiger partial charge in [-0.15, -0.1) is 35.3 Å². The maximum atomic E-state index is 11.5. The molecule has 0 unspecified atom stereocenters. The minimum absolute atomic E-state index is 0. The predicted molar refractivity (Wildman–Crippen MR) is 103 cm³/mol. The number of amides is 1. The molecule has 0 saturated carbocycles. The van der Waals surface area contributed by atoms with Gasteiger partial charge in [0.15, 0.2) is 5.96 Å². The average molecular weight is 439 g/mol. The third kappa shape index (κ3) is 7.92. The van der Waals surface area contributed by atoms with E-state index in [2.05, 4.69) is 26.0 Å². The zero-order chi connectivity index (χ0) is 15.7. The highest BCUT2D eigenvalue weighted by Gasteiger charge is 2.09. The molecule has 1 amide bonds. The van der Waals surface area contributed by atoms with E-state index in [-0.39, 0.29) is 29.9 Å². The Labute approximate surface area is 153 Å². The lowest BCUT2D eigenvalue weighted by atomic mass is 10.3. The van der Waals surface area contributed by atoms with Crippen molar-refractivity contribution in [1.29, 1.82) is 0 Å². The fourth-order valence-corrected chi connectivity index (χ4v) is 2.43. The Balaban J connectivity index is 0.00000441. The minimum atomic E-state index is 0. The zero-order valence-corrected chi connectivity index (χ0v) is 16.8. The van der Waals surface area contributed by atoms with Gasteiger partial charge in [-0.25, -0.2) is 4.98 Å². The number of aromatic nitrogens is 1. The number of hydrogen-bond donors (Lipinski definition) is 2. The van der Waals surface area contributed by atoms with Crippen molar-refractivity contribution >= 4 is 47.2 Å². The van der Waals surface area contributed by atoms with Gasteiger partial charge in [0.05, 0.1) is 17.2 Å². The molecule has 0 aliphatic heterocycles. The van der Waals surface area contributed by atoms with E-state index in [1.54, 1.807) is 18.4 Å². The van der Waals surface area contributed by atoms with E-state index in [1.807, 2.05) is 25.8 Å². The van der Waals surface area contributed by atoms with Crippen molar-refractivity contribution in [3.05, 3.63) is 16.1 Å². The van der Waals surface area contributed by atoms with Gasteiger partial charge in [0.2, 0.25) is 5.91 Å². The lowest BCUT2D eigenvalue weighted by Crippen LogP contribution is -2.40. The van der Waals surface area contributed by atoms with Crippen molar-refractivity contribution in [3.8, 4) is 0 Å². The molecule has 8 heteroatoms. The molecule has 22 heavy (non-hydrogen) atoms. The summed E-state index contributed by atoms with van der Waals surface area (Å²) in [6, 6.07) is 0. The topological polar surface area (TPSA) is 69.6 Å². The van der Waals surface area contributed by atoms with Gasteiger partial charge in [-0.05, 0) is 13.3 Å². The number of hydrogen-bond acceptors (Lipinski definition) is 4. The fraction of sp³-hybridized carbons (Fsp3) is 0.643. The summed E-state index contributed by atoms with van der Waals surface area (Å²) in [6.07, 6.45) is 1.40. The number of carbonyl (C=O) groups excluding carboxylic acids is 1. The summed E-state index contributed by atoms with van der Waals surface area (Å²) < 4.78 is 0. The van der Waals surface area contributed by atoms with Crippen LogP contribution in [0.4, 0.5) is 0 Å². The number of carbonyl (C=O) groups is 1. The van der Waals surface area contributed by atoms with E-state index in [4.69, 9.17) is 0 Å². The van der Waals surface area contributed by atoms with E-state index in [0.29, 0.717) is 19.5 Å². The van der Waals surface area contributed by atoms with Crippen LogP contribution < -0.4 is 10.6 Å². The second-order valence-electron chi connectivity index (χ2n) is 4.79. The van der Waals surface area contributed by atoms with Crippen LogP contribution in [0.2, 0.25) is 0 Å². The highest BCUT2D eigenvalue weighted by atomic mass is 127. The van der Waals surface area contributed by atoms with E-state index in [1.165, 1.54) is 0 Å². The Bertz CT molecular complexity index is 478. The Morgan fingerprint density at radius 1 is 1.41 bits per heavy atom. The summed E-state index contributed by atoms with van der Waals surface area (Å²) in [5.74, 6) is 0.835. The molecule has 0 bridgehead atoms. The Morgan fingerprint density at radius 3 is 2.68 bits per heavy atom. The molecule has 0 fully saturated rings. The standard InChI is InChI=1S/C14H25N5OS.HI/c1-5-7-16-13(20)6-8-17-14(15-3)19(4)9-12-10-21-11(2)18-12;/h10H,5-9H2,1-4H3,(H,15,17)(H,16,20);1H. The Morgan fingerprint density at radius 2 is 2.14 bits per heavy atom. The van der Waals surface area contributed by atoms with E-state index in [0.717, 1.165) is 29.6 Å². The molecule has 0 aromatic carbocycles. The summed E-state index contributed by atoms with van der Waals surface area (Å²) in [7, 11) is 3.70. The molecule has 0 aliphatic rings. The molecule has 1 rings (SSSR count). The number of rotatable bonds is 7. The van der Waals surface area contributed by atoms with Crippen LogP contribution in [0.3, 0.4) is 0 Å². The molecular formula is C14H26IN5OS. The highest BCUT2D eigenvalue weighted by molar-refractivity contribution is 14.0. The van der Waals surface area contributed by atoms with Gasteiger partial charge in [0.1, 0.15) is 0 Å². The van der Waals surface area contributed by atoms with Crippen LogP contribution in [-0.4, -0.2) is 48.9 Å². The molecule has 1 aromatic rings. The number of aryl methyl sites for hydroxylation is 1. The van der Waals surface area contributed by atoms with Gasteiger partial charge >= 0.3 is 0 Å². The number of halogens is 1. The first-order valence-electron chi connectivity index (χ1n) is 7.16. The van der Waals surface area contributed by atoms with Crippen molar-refractivity contribution in [2.45, 2.75) is 33.2 Å².